The lowest BCUT2D eigenvalue weighted by atomic mass is 10.2. The number of aromatic carboxylic acids is 1. The molecule has 1 aliphatic heterocycles. The fourth-order valence-electron chi connectivity index (χ4n) is 2.35. The van der Waals surface area contributed by atoms with E-state index in [-0.39, 0.29) is 24.3 Å². The lowest BCUT2D eigenvalue weighted by molar-refractivity contribution is 0.0335. The van der Waals surface area contributed by atoms with Crippen molar-refractivity contribution in [2.24, 2.45) is 0 Å². The van der Waals surface area contributed by atoms with E-state index in [0.717, 1.165) is 4.57 Å². The highest BCUT2D eigenvalue weighted by atomic mass is 16.5. The summed E-state index contributed by atoms with van der Waals surface area (Å²) in [6, 6.07) is 0. The van der Waals surface area contributed by atoms with Crippen molar-refractivity contribution in [1.29, 1.82) is 0 Å². The molecule has 0 spiro atoms. The van der Waals surface area contributed by atoms with Gasteiger partial charge < -0.3 is 14.8 Å². The van der Waals surface area contributed by atoms with E-state index in [9.17, 15) is 19.5 Å². The van der Waals surface area contributed by atoms with Crippen molar-refractivity contribution in [2.45, 2.75) is 26.4 Å². The first-order valence-corrected chi connectivity index (χ1v) is 6.94. The molecule has 1 aromatic rings. The average molecular weight is 297 g/mol. The van der Waals surface area contributed by atoms with Crippen LogP contribution in [0.3, 0.4) is 0 Å². The summed E-state index contributed by atoms with van der Waals surface area (Å²) in [5.74, 6) is -1.30. The van der Waals surface area contributed by atoms with Gasteiger partial charge in [0.2, 0.25) is 0 Å². The SMILES string of the molecule is CCCn1c(=O)[nH]c(C(=O)O)c(CN2CCOCC2)c1=O. The van der Waals surface area contributed by atoms with Crippen LogP contribution in [-0.2, 0) is 17.8 Å². The van der Waals surface area contributed by atoms with Crippen molar-refractivity contribution < 1.29 is 14.6 Å². The van der Waals surface area contributed by atoms with Gasteiger partial charge in [0.25, 0.3) is 5.56 Å². The van der Waals surface area contributed by atoms with Crippen molar-refractivity contribution in [2.75, 3.05) is 26.3 Å². The highest BCUT2D eigenvalue weighted by Crippen LogP contribution is 2.06. The summed E-state index contributed by atoms with van der Waals surface area (Å²) in [7, 11) is 0. The Hall–Kier alpha value is -1.93. The first kappa shape index (κ1) is 15.5. The first-order chi connectivity index (χ1) is 10.0. The third kappa shape index (κ3) is 3.40. The maximum absolute atomic E-state index is 12.4. The summed E-state index contributed by atoms with van der Waals surface area (Å²) in [6.45, 7) is 4.67. The van der Waals surface area contributed by atoms with Crippen LogP contribution in [-0.4, -0.2) is 51.8 Å². The molecule has 0 aromatic carbocycles. The Kier molecular flexibility index (Phi) is 4.92. The normalized spacial score (nSPS) is 16.0. The molecule has 116 valence electrons. The number of carbonyl (C=O) groups is 1. The molecule has 1 fully saturated rings. The summed E-state index contributed by atoms with van der Waals surface area (Å²) in [5.41, 5.74) is -1.39. The monoisotopic (exact) mass is 297 g/mol. The van der Waals surface area contributed by atoms with Crippen LogP contribution in [0.1, 0.15) is 29.4 Å². The maximum Gasteiger partial charge on any atom is 0.352 e. The number of aromatic amines is 1. The van der Waals surface area contributed by atoms with Crippen LogP contribution < -0.4 is 11.2 Å². The molecular formula is C13H19N3O5. The van der Waals surface area contributed by atoms with Gasteiger partial charge in [0, 0.05) is 26.2 Å². The minimum atomic E-state index is -1.30. The van der Waals surface area contributed by atoms with Crippen LogP contribution >= 0.6 is 0 Å². The van der Waals surface area contributed by atoms with Gasteiger partial charge in [-0.25, -0.2) is 9.59 Å². The average Bonchev–Trinajstić information content (AvgIpc) is 2.47. The van der Waals surface area contributed by atoms with Gasteiger partial charge in [0.15, 0.2) is 0 Å². The van der Waals surface area contributed by atoms with E-state index in [1.165, 1.54) is 0 Å². The molecule has 0 saturated carbocycles. The van der Waals surface area contributed by atoms with E-state index < -0.39 is 17.2 Å². The van der Waals surface area contributed by atoms with Crippen LogP contribution in [0.25, 0.3) is 0 Å². The molecule has 0 radical (unpaired) electrons. The Labute approximate surface area is 121 Å². The first-order valence-electron chi connectivity index (χ1n) is 6.94. The summed E-state index contributed by atoms with van der Waals surface area (Å²) in [6.07, 6.45) is 0.617. The van der Waals surface area contributed by atoms with Crippen molar-refractivity contribution in [3.05, 3.63) is 32.1 Å². The van der Waals surface area contributed by atoms with E-state index in [0.29, 0.717) is 32.7 Å². The number of nitrogens with zero attached hydrogens (tertiary/aromatic N) is 2. The zero-order chi connectivity index (χ0) is 15.4. The van der Waals surface area contributed by atoms with Gasteiger partial charge in [-0.2, -0.15) is 0 Å². The molecule has 0 amide bonds. The van der Waals surface area contributed by atoms with Crippen molar-refractivity contribution in [1.82, 2.24) is 14.5 Å². The molecule has 2 rings (SSSR count). The van der Waals surface area contributed by atoms with Gasteiger partial charge in [-0.1, -0.05) is 6.92 Å². The van der Waals surface area contributed by atoms with Crippen molar-refractivity contribution in [3.63, 3.8) is 0 Å². The van der Waals surface area contributed by atoms with Crippen molar-refractivity contribution in [3.8, 4) is 0 Å². The van der Waals surface area contributed by atoms with Gasteiger partial charge in [0.05, 0.1) is 18.8 Å². The van der Waals surface area contributed by atoms with Gasteiger partial charge in [-0.05, 0) is 6.42 Å². The Morgan fingerprint density at radius 3 is 2.57 bits per heavy atom. The molecule has 0 bridgehead atoms. The minimum absolute atomic E-state index is 0.123. The molecule has 8 heteroatoms. The highest BCUT2D eigenvalue weighted by molar-refractivity contribution is 5.86. The Bertz CT molecular complexity index is 628. The largest absolute Gasteiger partial charge is 0.477 e. The number of H-pyrrole nitrogens is 1. The van der Waals surface area contributed by atoms with E-state index >= 15 is 0 Å². The zero-order valence-electron chi connectivity index (χ0n) is 11.9. The standard InChI is InChI=1S/C13H19N3O5/c1-2-3-16-11(17)9(8-15-4-6-21-7-5-15)10(12(18)19)14-13(16)20/h2-8H2,1H3,(H,14,20)(H,18,19). The van der Waals surface area contributed by atoms with Gasteiger partial charge in [0.1, 0.15) is 5.69 Å². The van der Waals surface area contributed by atoms with Gasteiger partial charge >= 0.3 is 11.7 Å². The molecule has 21 heavy (non-hydrogen) atoms. The zero-order valence-corrected chi connectivity index (χ0v) is 11.9. The maximum atomic E-state index is 12.4. The number of hydrogen-bond acceptors (Lipinski definition) is 5. The van der Waals surface area contributed by atoms with E-state index in [4.69, 9.17) is 4.74 Å². The number of carboxylic acid groups (broad SMARTS) is 1. The van der Waals surface area contributed by atoms with Gasteiger partial charge in [-0.3, -0.25) is 14.3 Å². The number of hydrogen-bond donors (Lipinski definition) is 2. The Morgan fingerprint density at radius 1 is 1.33 bits per heavy atom. The second-order valence-corrected chi connectivity index (χ2v) is 4.93. The molecule has 1 aliphatic rings. The Morgan fingerprint density at radius 2 is 2.00 bits per heavy atom. The van der Waals surface area contributed by atoms with Gasteiger partial charge in [-0.15, -0.1) is 0 Å². The minimum Gasteiger partial charge on any atom is -0.477 e. The lowest BCUT2D eigenvalue weighted by Gasteiger charge is -2.26. The number of rotatable bonds is 5. The summed E-state index contributed by atoms with van der Waals surface area (Å²) in [4.78, 5) is 39.7. The summed E-state index contributed by atoms with van der Waals surface area (Å²) in [5, 5.41) is 9.20. The van der Waals surface area contributed by atoms with Crippen molar-refractivity contribution >= 4 is 5.97 Å². The molecule has 2 N–H and O–H groups in total. The molecule has 0 aliphatic carbocycles. The molecule has 2 heterocycles. The molecule has 1 saturated heterocycles. The lowest BCUT2D eigenvalue weighted by Crippen LogP contribution is -2.43. The number of carboxylic acids is 1. The molecule has 0 atom stereocenters. The fourth-order valence-corrected chi connectivity index (χ4v) is 2.35. The Balaban J connectivity index is 2.44. The quantitative estimate of drug-likeness (QED) is 0.757. The van der Waals surface area contributed by atoms with E-state index in [1.807, 2.05) is 11.8 Å². The topological polar surface area (TPSA) is 105 Å². The number of aromatic nitrogens is 2. The van der Waals surface area contributed by atoms with Crippen LogP contribution in [0.4, 0.5) is 0 Å². The van der Waals surface area contributed by atoms with E-state index in [2.05, 4.69) is 4.98 Å². The van der Waals surface area contributed by atoms with Crippen LogP contribution in [0, 0.1) is 0 Å². The molecule has 1 aromatic heterocycles. The van der Waals surface area contributed by atoms with Crippen LogP contribution in [0.15, 0.2) is 9.59 Å². The molecular weight excluding hydrogens is 278 g/mol. The second-order valence-electron chi connectivity index (χ2n) is 4.93. The summed E-state index contributed by atoms with van der Waals surface area (Å²) >= 11 is 0. The third-order valence-corrected chi connectivity index (χ3v) is 3.43. The predicted octanol–water partition coefficient (Wildman–Crippen LogP) is -0.523. The highest BCUT2D eigenvalue weighted by Gasteiger charge is 2.21. The molecule has 0 unspecified atom stereocenters. The van der Waals surface area contributed by atoms with Crippen LogP contribution in [0.5, 0.6) is 0 Å². The number of nitrogens with one attached hydrogen (secondary N) is 1. The number of ether oxygens (including phenoxy) is 1. The predicted molar refractivity (Wildman–Crippen MR) is 74.7 cm³/mol. The smallest absolute Gasteiger partial charge is 0.352 e. The second kappa shape index (κ2) is 6.68. The number of morpholine rings is 1. The van der Waals surface area contributed by atoms with Crippen LogP contribution in [0.2, 0.25) is 0 Å². The fraction of sp³-hybridized carbons (Fsp3) is 0.615. The molecule has 8 nitrogen and oxygen atoms in total. The third-order valence-electron chi connectivity index (χ3n) is 3.43. The van der Waals surface area contributed by atoms with E-state index in [1.54, 1.807) is 0 Å². The summed E-state index contributed by atoms with van der Waals surface area (Å²) < 4.78 is 6.29.